The lowest BCUT2D eigenvalue weighted by Crippen LogP contribution is -2.01. The van der Waals surface area contributed by atoms with E-state index in [1.807, 2.05) is 6.92 Å². The second-order valence-corrected chi connectivity index (χ2v) is 2.02. The van der Waals surface area contributed by atoms with Gasteiger partial charge in [0, 0.05) is 12.3 Å². The van der Waals surface area contributed by atoms with Crippen LogP contribution in [0.25, 0.3) is 4.85 Å². The number of rotatable bonds is 4. The van der Waals surface area contributed by atoms with Crippen molar-refractivity contribution in [2.45, 2.75) is 19.8 Å². The predicted octanol–water partition coefficient (Wildman–Crippen LogP) is 1.52. The Bertz CT molecular complexity index is 115. The minimum Gasteiger partial charge on any atom is -0.317 e. The number of carbonyl (C=O) groups is 1. The van der Waals surface area contributed by atoms with Crippen LogP contribution in [-0.4, -0.2) is 12.8 Å². The van der Waals surface area contributed by atoms with Gasteiger partial charge in [-0.1, -0.05) is 6.92 Å². The zero-order chi connectivity index (χ0) is 7.11. The molecule has 0 fully saturated rings. The molecule has 0 rings (SSSR count). The summed E-state index contributed by atoms with van der Waals surface area (Å²) in [6.45, 7) is 9.02. The Morgan fingerprint density at radius 3 is 2.78 bits per heavy atom. The first-order valence-corrected chi connectivity index (χ1v) is 3.12. The first kappa shape index (κ1) is 8.16. The van der Waals surface area contributed by atoms with Crippen molar-refractivity contribution < 1.29 is 4.79 Å². The third-order valence-electron chi connectivity index (χ3n) is 1.36. The molecule has 0 aromatic carbocycles. The van der Waals surface area contributed by atoms with Crippen molar-refractivity contribution in [3.8, 4) is 0 Å². The Morgan fingerprint density at radius 2 is 2.44 bits per heavy atom. The molecule has 1 atom stereocenters. The van der Waals surface area contributed by atoms with Crippen LogP contribution in [0.5, 0.6) is 0 Å². The first-order chi connectivity index (χ1) is 4.35. The molecule has 2 heteroatoms. The molecule has 0 aliphatic carbocycles. The Balaban J connectivity index is 3.43. The van der Waals surface area contributed by atoms with E-state index in [2.05, 4.69) is 4.85 Å². The molecule has 0 radical (unpaired) electrons. The molecule has 0 bridgehead atoms. The molecular formula is C7H11NO. The Labute approximate surface area is 55.7 Å². The van der Waals surface area contributed by atoms with Crippen LogP contribution in [0, 0.1) is 12.5 Å². The van der Waals surface area contributed by atoms with Gasteiger partial charge in [-0.2, -0.15) is 0 Å². The minimum absolute atomic E-state index is 0.292. The lowest BCUT2D eigenvalue weighted by molar-refractivity contribution is -0.108. The van der Waals surface area contributed by atoms with Crippen LogP contribution < -0.4 is 0 Å². The molecule has 0 N–H and O–H groups in total. The van der Waals surface area contributed by atoms with Gasteiger partial charge in [-0.25, -0.2) is 6.57 Å². The molecule has 0 spiro atoms. The van der Waals surface area contributed by atoms with Crippen LogP contribution >= 0.6 is 0 Å². The maximum absolute atomic E-state index is 9.95. The molecule has 9 heavy (non-hydrogen) atoms. The van der Waals surface area contributed by atoms with Crippen molar-refractivity contribution in [1.29, 1.82) is 0 Å². The van der Waals surface area contributed by atoms with Crippen LogP contribution in [0.2, 0.25) is 0 Å². The number of hydrogen-bond acceptors (Lipinski definition) is 1. The predicted molar refractivity (Wildman–Crippen MR) is 35.9 cm³/mol. The van der Waals surface area contributed by atoms with Crippen molar-refractivity contribution in [1.82, 2.24) is 0 Å². The summed E-state index contributed by atoms with van der Waals surface area (Å²) in [4.78, 5) is 13.2. The van der Waals surface area contributed by atoms with Gasteiger partial charge in [-0.3, -0.25) is 0 Å². The molecule has 2 nitrogen and oxygen atoms in total. The Hall–Kier alpha value is -0.840. The Kier molecular flexibility index (Phi) is 4.81. The summed E-state index contributed by atoms with van der Waals surface area (Å²) in [6.07, 6.45) is 2.36. The lowest BCUT2D eigenvalue weighted by atomic mass is 10.0. The van der Waals surface area contributed by atoms with Crippen molar-refractivity contribution >= 4 is 6.29 Å². The molecule has 0 aromatic rings. The zero-order valence-electron chi connectivity index (χ0n) is 5.63. The fourth-order valence-electron chi connectivity index (χ4n) is 0.635. The van der Waals surface area contributed by atoms with Gasteiger partial charge in [0.15, 0.2) is 0 Å². The van der Waals surface area contributed by atoms with E-state index >= 15 is 0 Å². The molecule has 0 heterocycles. The summed E-state index contributed by atoms with van der Waals surface area (Å²) >= 11 is 0. The molecule has 50 valence electrons. The zero-order valence-corrected chi connectivity index (χ0v) is 5.63. The second-order valence-electron chi connectivity index (χ2n) is 2.02. The number of carbonyl (C=O) groups excluding carboxylic acids is 1. The van der Waals surface area contributed by atoms with Crippen molar-refractivity contribution in [2.75, 3.05) is 6.54 Å². The van der Waals surface area contributed by atoms with Crippen LogP contribution in [-0.2, 0) is 4.79 Å². The van der Waals surface area contributed by atoms with Gasteiger partial charge >= 0.3 is 0 Å². The van der Waals surface area contributed by atoms with E-state index in [0.29, 0.717) is 18.9 Å². The monoisotopic (exact) mass is 125 g/mol. The van der Waals surface area contributed by atoms with Crippen LogP contribution in [0.1, 0.15) is 19.8 Å². The molecule has 0 aliphatic rings. The largest absolute Gasteiger partial charge is 0.317 e. The van der Waals surface area contributed by atoms with Gasteiger partial charge in [0.25, 0.3) is 0 Å². The summed E-state index contributed by atoms with van der Waals surface area (Å²) in [5.41, 5.74) is 0. The third-order valence-corrected chi connectivity index (χ3v) is 1.36. The Morgan fingerprint density at radius 1 is 1.78 bits per heavy atom. The summed E-state index contributed by atoms with van der Waals surface area (Å²) in [6, 6.07) is 0. The topological polar surface area (TPSA) is 21.4 Å². The van der Waals surface area contributed by atoms with E-state index in [0.717, 1.165) is 12.7 Å². The van der Waals surface area contributed by atoms with Gasteiger partial charge < -0.3 is 9.64 Å². The normalized spacial score (nSPS) is 12.0. The highest BCUT2D eigenvalue weighted by molar-refractivity contribution is 5.49. The van der Waals surface area contributed by atoms with E-state index in [-0.39, 0.29) is 0 Å². The fourth-order valence-corrected chi connectivity index (χ4v) is 0.635. The summed E-state index contributed by atoms with van der Waals surface area (Å²) < 4.78 is 0. The average molecular weight is 125 g/mol. The fraction of sp³-hybridized carbons (Fsp3) is 0.714. The highest BCUT2D eigenvalue weighted by Crippen LogP contribution is 2.05. The summed E-state index contributed by atoms with van der Waals surface area (Å²) in [7, 11) is 0. The van der Waals surface area contributed by atoms with E-state index in [4.69, 9.17) is 6.57 Å². The first-order valence-electron chi connectivity index (χ1n) is 3.12. The van der Waals surface area contributed by atoms with Gasteiger partial charge in [0.1, 0.15) is 6.29 Å². The van der Waals surface area contributed by atoms with Crippen LogP contribution in [0.15, 0.2) is 0 Å². The smallest absolute Gasteiger partial charge is 0.217 e. The molecule has 0 saturated carbocycles. The van der Waals surface area contributed by atoms with E-state index < -0.39 is 0 Å². The highest BCUT2D eigenvalue weighted by Gasteiger charge is 2.06. The second kappa shape index (κ2) is 5.30. The summed E-state index contributed by atoms with van der Waals surface area (Å²) in [5, 5.41) is 0. The lowest BCUT2D eigenvalue weighted by Gasteiger charge is -1.99. The molecule has 0 saturated heterocycles. The SMILES string of the molecule is [C-]#[N+]CC(CC)CC=O. The quantitative estimate of drug-likeness (QED) is 0.412. The maximum Gasteiger partial charge on any atom is 0.217 e. The molecule has 0 aliphatic heterocycles. The number of hydrogen-bond donors (Lipinski definition) is 0. The van der Waals surface area contributed by atoms with Crippen molar-refractivity contribution in [2.24, 2.45) is 5.92 Å². The third kappa shape index (κ3) is 3.72. The van der Waals surface area contributed by atoms with E-state index in [1.54, 1.807) is 0 Å². The van der Waals surface area contributed by atoms with E-state index in [1.165, 1.54) is 0 Å². The standard InChI is InChI=1S/C7H11NO/c1-3-7(4-5-9)6-8-2/h5,7H,3-4,6H2,1H3. The number of nitrogens with zero attached hydrogens (tertiary/aromatic N) is 1. The minimum atomic E-state index is 0.292. The highest BCUT2D eigenvalue weighted by atomic mass is 16.1. The molecule has 1 unspecified atom stereocenters. The summed E-state index contributed by atoms with van der Waals surface area (Å²) in [5.74, 6) is 0.292. The van der Waals surface area contributed by atoms with Gasteiger partial charge in [-0.05, 0) is 6.42 Å². The van der Waals surface area contributed by atoms with Gasteiger partial charge in [-0.15, -0.1) is 0 Å². The molecule has 0 aromatic heterocycles. The van der Waals surface area contributed by atoms with E-state index in [9.17, 15) is 4.79 Å². The van der Waals surface area contributed by atoms with Crippen molar-refractivity contribution in [3.63, 3.8) is 0 Å². The van der Waals surface area contributed by atoms with Crippen LogP contribution in [0.3, 0.4) is 0 Å². The molecular weight excluding hydrogens is 114 g/mol. The number of aldehydes is 1. The average Bonchev–Trinajstić information content (AvgIpc) is 1.88. The van der Waals surface area contributed by atoms with Crippen LogP contribution in [0.4, 0.5) is 0 Å². The molecule has 0 amide bonds. The van der Waals surface area contributed by atoms with Gasteiger partial charge in [0.2, 0.25) is 6.54 Å². The van der Waals surface area contributed by atoms with Crippen molar-refractivity contribution in [3.05, 3.63) is 11.4 Å². The maximum atomic E-state index is 9.95. The van der Waals surface area contributed by atoms with Gasteiger partial charge in [0.05, 0.1) is 0 Å².